The van der Waals surface area contributed by atoms with Gasteiger partial charge in [0.25, 0.3) is 11.8 Å². The molecule has 0 aromatic heterocycles. The summed E-state index contributed by atoms with van der Waals surface area (Å²) in [7, 11) is 0. The predicted octanol–water partition coefficient (Wildman–Crippen LogP) is 5.31. The molecule has 0 spiro atoms. The highest BCUT2D eigenvalue weighted by Crippen LogP contribution is 2.20. The molecule has 30 heavy (non-hydrogen) atoms. The van der Waals surface area contributed by atoms with Gasteiger partial charge in [0, 0.05) is 16.9 Å². The van der Waals surface area contributed by atoms with E-state index in [1.807, 2.05) is 25.1 Å². The summed E-state index contributed by atoms with van der Waals surface area (Å²) < 4.78 is 18.8. The van der Waals surface area contributed by atoms with Gasteiger partial charge in [-0.2, -0.15) is 0 Å². The lowest BCUT2D eigenvalue weighted by molar-refractivity contribution is -0.118. The number of carbonyl (C=O) groups is 2. The third kappa shape index (κ3) is 5.81. The lowest BCUT2D eigenvalue weighted by atomic mass is 10.1. The van der Waals surface area contributed by atoms with Crippen molar-refractivity contribution in [3.63, 3.8) is 0 Å². The number of nitrogens with one attached hydrogen (secondary N) is 2. The largest absolute Gasteiger partial charge is 0.484 e. The molecule has 3 aromatic rings. The number of hydrogen-bond donors (Lipinski definition) is 2. The van der Waals surface area contributed by atoms with E-state index in [2.05, 4.69) is 10.6 Å². The Balaban J connectivity index is 1.59. The van der Waals surface area contributed by atoms with Gasteiger partial charge in [-0.3, -0.25) is 9.59 Å². The molecule has 0 saturated heterocycles. The number of amides is 2. The molecule has 3 aromatic carbocycles. The fraction of sp³-hybridized carbons (Fsp3) is 0.130. The number of hydrogen-bond acceptors (Lipinski definition) is 3. The Morgan fingerprint density at radius 3 is 2.50 bits per heavy atom. The highest BCUT2D eigenvalue weighted by molar-refractivity contribution is 6.31. The lowest BCUT2D eigenvalue weighted by Gasteiger charge is -2.10. The van der Waals surface area contributed by atoms with Gasteiger partial charge in [0.15, 0.2) is 6.61 Å². The smallest absolute Gasteiger partial charge is 0.262 e. The Hall–Kier alpha value is -3.38. The van der Waals surface area contributed by atoms with Crippen molar-refractivity contribution >= 4 is 34.8 Å². The molecule has 0 heterocycles. The summed E-state index contributed by atoms with van der Waals surface area (Å²) in [5.41, 5.74) is 2.26. The Labute approximate surface area is 178 Å². The summed E-state index contributed by atoms with van der Waals surface area (Å²) in [5, 5.41) is 5.25. The van der Waals surface area contributed by atoms with Crippen LogP contribution in [0.15, 0.2) is 66.7 Å². The third-order valence-electron chi connectivity index (χ3n) is 4.26. The number of benzene rings is 3. The third-order valence-corrected chi connectivity index (χ3v) is 4.55. The molecule has 0 saturated carbocycles. The quantitative estimate of drug-likeness (QED) is 0.538. The first-order valence-corrected chi connectivity index (χ1v) is 9.70. The summed E-state index contributed by atoms with van der Waals surface area (Å²) >= 11 is 5.73. The first-order chi connectivity index (χ1) is 14.4. The lowest BCUT2D eigenvalue weighted by Crippen LogP contribution is -2.20. The predicted molar refractivity (Wildman–Crippen MR) is 116 cm³/mol. The van der Waals surface area contributed by atoms with Crippen LogP contribution in [-0.2, 0) is 11.2 Å². The van der Waals surface area contributed by atoms with Gasteiger partial charge in [0.2, 0.25) is 0 Å². The van der Waals surface area contributed by atoms with Gasteiger partial charge >= 0.3 is 0 Å². The summed E-state index contributed by atoms with van der Waals surface area (Å²) in [6, 6.07) is 17.9. The van der Waals surface area contributed by atoms with Gasteiger partial charge in [-0.05, 0) is 60.5 Å². The summed E-state index contributed by atoms with van der Waals surface area (Å²) in [4.78, 5) is 24.6. The zero-order valence-electron chi connectivity index (χ0n) is 16.2. The van der Waals surface area contributed by atoms with Gasteiger partial charge in [-0.25, -0.2) is 4.39 Å². The van der Waals surface area contributed by atoms with Gasteiger partial charge < -0.3 is 15.4 Å². The number of rotatable bonds is 7. The Bertz CT molecular complexity index is 1070. The fourth-order valence-corrected chi connectivity index (χ4v) is 2.90. The van der Waals surface area contributed by atoms with Crippen molar-refractivity contribution in [3.8, 4) is 5.75 Å². The van der Waals surface area contributed by atoms with E-state index in [9.17, 15) is 14.0 Å². The average molecular weight is 427 g/mol. The van der Waals surface area contributed by atoms with Crippen LogP contribution in [0.2, 0.25) is 5.02 Å². The molecule has 0 aliphatic heterocycles. The molecule has 0 fully saturated rings. The molecule has 0 atom stereocenters. The Kier molecular flexibility index (Phi) is 7.03. The van der Waals surface area contributed by atoms with Crippen LogP contribution in [0.25, 0.3) is 0 Å². The van der Waals surface area contributed by atoms with Crippen LogP contribution in [0.3, 0.4) is 0 Å². The molecule has 0 radical (unpaired) electrons. The van der Waals surface area contributed by atoms with Crippen LogP contribution in [0, 0.1) is 5.82 Å². The molecule has 0 aliphatic rings. The van der Waals surface area contributed by atoms with Crippen LogP contribution < -0.4 is 15.4 Å². The molecule has 7 heteroatoms. The molecule has 3 rings (SSSR count). The Morgan fingerprint density at radius 1 is 0.967 bits per heavy atom. The maximum absolute atomic E-state index is 13.2. The van der Waals surface area contributed by atoms with E-state index in [4.69, 9.17) is 16.3 Å². The van der Waals surface area contributed by atoms with Crippen LogP contribution >= 0.6 is 11.6 Å². The van der Waals surface area contributed by atoms with Crippen molar-refractivity contribution in [2.45, 2.75) is 13.3 Å². The maximum Gasteiger partial charge on any atom is 0.262 e. The van der Waals surface area contributed by atoms with Gasteiger partial charge in [-0.1, -0.05) is 36.7 Å². The van der Waals surface area contributed by atoms with Gasteiger partial charge in [0.05, 0.1) is 5.02 Å². The van der Waals surface area contributed by atoms with Crippen molar-refractivity contribution in [2.24, 2.45) is 0 Å². The van der Waals surface area contributed by atoms with Crippen molar-refractivity contribution in [1.29, 1.82) is 0 Å². The maximum atomic E-state index is 13.2. The average Bonchev–Trinajstić information content (AvgIpc) is 2.75. The minimum absolute atomic E-state index is 0.0849. The van der Waals surface area contributed by atoms with E-state index in [1.54, 1.807) is 24.3 Å². The first kappa shape index (κ1) is 21.3. The zero-order valence-corrected chi connectivity index (χ0v) is 17.0. The second kappa shape index (κ2) is 9.89. The highest BCUT2D eigenvalue weighted by atomic mass is 35.5. The van der Waals surface area contributed by atoms with E-state index >= 15 is 0 Å². The standard InChI is InChI=1S/C23H20ClFN2O3/c1-2-15-5-3-8-19(11-15)30-14-22(28)26-17-7-4-6-16(12-17)23(29)27-18-9-10-21(25)20(24)13-18/h3-13H,2,14H2,1H3,(H,26,28)(H,27,29). The van der Waals surface area contributed by atoms with E-state index in [1.165, 1.54) is 24.3 Å². The summed E-state index contributed by atoms with van der Waals surface area (Å²) in [5.74, 6) is -0.709. The van der Waals surface area contributed by atoms with Gasteiger partial charge in [0.1, 0.15) is 11.6 Å². The zero-order chi connectivity index (χ0) is 21.5. The molecule has 0 bridgehead atoms. The molecule has 2 N–H and O–H groups in total. The second-order valence-electron chi connectivity index (χ2n) is 6.50. The highest BCUT2D eigenvalue weighted by Gasteiger charge is 2.10. The Morgan fingerprint density at radius 2 is 1.73 bits per heavy atom. The molecule has 154 valence electrons. The molecule has 0 aliphatic carbocycles. The number of halogens is 2. The minimum atomic E-state index is -0.567. The van der Waals surface area contributed by atoms with E-state index in [0.29, 0.717) is 22.7 Å². The van der Waals surface area contributed by atoms with Crippen molar-refractivity contribution in [1.82, 2.24) is 0 Å². The van der Waals surface area contributed by atoms with E-state index < -0.39 is 11.7 Å². The summed E-state index contributed by atoms with van der Waals surface area (Å²) in [6.45, 7) is 1.89. The number of ether oxygens (including phenoxy) is 1. The first-order valence-electron chi connectivity index (χ1n) is 9.32. The van der Waals surface area contributed by atoms with Crippen LogP contribution in [-0.4, -0.2) is 18.4 Å². The van der Waals surface area contributed by atoms with Crippen molar-refractivity contribution < 1.29 is 18.7 Å². The van der Waals surface area contributed by atoms with E-state index in [-0.39, 0.29) is 17.5 Å². The van der Waals surface area contributed by atoms with Crippen molar-refractivity contribution in [2.75, 3.05) is 17.2 Å². The normalized spacial score (nSPS) is 10.4. The van der Waals surface area contributed by atoms with Crippen molar-refractivity contribution in [3.05, 3.63) is 88.7 Å². The van der Waals surface area contributed by atoms with E-state index in [0.717, 1.165) is 12.0 Å². The number of anilines is 2. The molecule has 2 amide bonds. The number of carbonyl (C=O) groups excluding carboxylic acids is 2. The summed E-state index contributed by atoms with van der Waals surface area (Å²) in [6.07, 6.45) is 0.877. The van der Waals surface area contributed by atoms with Crippen LogP contribution in [0.4, 0.5) is 15.8 Å². The van der Waals surface area contributed by atoms with Gasteiger partial charge in [-0.15, -0.1) is 0 Å². The SMILES string of the molecule is CCc1cccc(OCC(=O)Nc2cccc(C(=O)Nc3ccc(F)c(Cl)c3)c2)c1. The van der Waals surface area contributed by atoms with Crippen LogP contribution in [0.1, 0.15) is 22.8 Å². The van der Waals surface area contributed by atoms with Crippen LogP contribution in [0.5, 0.6) is 5.75 Å². The monoisotopic (exact) mass is 426 g/mol. The molecule has 5 nitrogen and oxygen atoms in total. The minimum Gasteiger partial charge on any atom is -0.484 e. The molecule has 0 unspecified atom stereocenters. The fourth-order valence-electron chi connectivity index (χ4n) is 2.72. The topological polar surface area (TPSA) is 67.4 Å². The number of aryl methyl sites for hydroxylation is 1. The molecular weight excluding hydrogens is 407 g/mol. The molecular formula is C23H20ClFN2O3. The second-order valence-corrected chi connectivity index (χ2v) is 6.91.